The first-order valence-electron chi connectivity index (χ1n) is 8.83. The quantitative estimate of drug-likeness (QED) is 0.891. The van der Waals surface area contributed by atoms with Crippen molar-refractivity contribution in [3.63, 3.8) is 0 Å². The van der Waals surface area contributed by atoms with Gasteiger partial charge in [0, 0.05) is 32.2 Å². The third-order valence-corrected chi connectivity index (χ3v) is 5.10. The van der Waals surface area contributed by atoms with Gasteiger partial charge in [-0.1, -0.05) is 31.4 Å². The number of nitrogens with zero attached hydrogens (tertiary/aromatic N) is 1. The molecule has 0 radical (unpaired) electrons. The van der Waals surface area contributed by atoms with E-state index in [4.69, 9.17) is 0 Å². The molecule has 0 amide bonds. The Morgan fingerprint density at radius 2 is 1.62 bits per heavy atom. The van der Waals surface area contributed by atoms with E-state index in [-0.39, 0.29) is 5.75 Å². The summed E-state index contributed by atoms with van der Waals surface area (Å²) >= 11 is 0. The second-order valence-electron chi connectivity index (χ2n) is 6.75. The summed E-state index contributed by atoms with van der Waals surface area (Å²) in [5.74, 6) is 0.445. The van der Waals surface area contributed by atoms with E-state index in [1.807, 2.05) is 12.1 Å². The molecular weight excluding hydrogens is 317 g/mol. The molecule has 1 aliphatic heterocycles. The molecule has 1 aromatic carbocycles. The van der Waals surface area contributed by atoms with E-state index in [2.05, 4.69) is 15.0 Å². The van der Waals surface area contributed by atoms with Gasteiger partial charge in [0.05, 0.1) is 0 Å². The topological polar surface area (TPSA) is 24.5 Å². The highest BCUT2D eigenvalue weighted by molar-refractivity contribution is 5.30. The van der Waals surface area contributed by atoms with Gasteiger partial charge in [0.2, 0.25) is 0 Å². The summed E-state index contributed by atoms with van der Waals surface area (Å²) < 4.78 is 41.0. The first-order chi connectivity index (χ1) is 11.5. The van der Waals surface area contributed by atoms with Crippen molar-refractivity contribution in [3.8, 4) is 5.75 Å². The lowest BCUT2D eigenvalue weighted by molar-refractivity contribution is -0.274. The van der Waals surface area contributed by atoms with Crippen molar-refractivity contribution in [3.05, 3.63) is 29.8 Å². The summed E-state index contributed by atoms with van der Waals surface area (Å²) in [4.78, 5) is 2.49. The number of hydrogen-bond acceptors (Lipinski definition) is 3. The molecule has 2 aliphatic rings. The zero-order chi connectivity index (χ0) is 17.0. The fourth-order valence-corrected chi connectivity index (χ4v) is 4.06. The Morgan fingerprint density at radius 1 is 1.00 bits per heavy atom. The standard InChI is InChI=1S/C18H25F3N2O/c19-18(20,21)24-16-8-6-15(7-9-16)17(14-4-2-1-3-5-14)23-12-10-22-11-13-23/h6-9,14,17,22H,1-5,10-13H2/t17-/m0/s1. The van der Waals surface area contributed by atoms with Crippen LogP contribution in [0.5, 0.6) is 5.75 Å². The molecule has 1 heterocycles. The summed E-state index contributed by atoms with van der Waals surface area (Å²) in [6.45, 7) is 3.92. The molecule has 1 N–H and O–H groups in total. The minimum Gasteiger partial charge on any atom is -0.406 e. The van der Waals surface area contributed by atoms with Crippen LogP contribution in [0.2, 0.25) is 0 Å². The molecule has 0 aromatic heterocycles. The van der Waals surface area contributed by atoms with E-state index >= 15 is 0 Å². The highest BCUT2D eigenvalue weighted by Gasteiger charge is 2.33. The van der Waals surface area contributed by atoms with E-state index in [0.29, 0.717) is 12.0 Å². The zero-order valence-electron chi connectivity index (χ0n) is 13.8. The van der Waals surface area contributed by atoms with E-state index in [0.717, 1.165) is 31.7 Å². The Balaban J connectivity index is 1.78. The van der Waals surface area contributed by atoms with Gasteiger partial charge < -0.3 is 10.1 Å². The van der Waals surface area contributed by atoms with Gasteiger partial charge in [0.1, 0.15) is 5.75 Å². The minimum absolute atomic E-state index is 0.144. The molecule has 1 saturated heterocycles. The van der Waals surface area contributed by atoms with Crippen LogP contribution in [-0.2, 0) is 0 Å². The monoisotopic (exact) mass is 342 g/mol. The van der Waals surface area contributed by atoms with Gasteiger partial charge in [0.25, 0.3) is 0 Å². The maximum Gasteiger partial charge on any atom is 0.573 e. The van der Waals surface area contributed by atoms with Crippen molar-refractivity contribution >= 4 is 0 Å². The Kier molecular flexibility index (Phi) is 5.66. The Labute approximate surface area is 141 Å². The van der Waals surface area contributed by atoms with E-state index < -0.39 is 6.36 Å². The van der Waals surface area contributed by atoms with Crippen molar-refractivity contribution < 1.29 is 17.9 Å². The minimum atomic E-state index is -4.64. The number of benzene rings is 1. The maximum atomic E-state index is 12.3. The van der Waals surface area contributed by atoms with Crippen molar-refractivity contribution in [2.24, 2.45) is 5.92 Å². The van der Waals surface area contributed by atoms with Crippen LogP contribution in [0.4, 0.5) is 13.2 Å². The van der Waals surface area contributed by atoms with E-state index in [1.165, 1.54) is 44.2 Å². The van der Waals surface area contributed by atoms with E-state index in [1.54, 1.807) is 0 Å². The lowest BCUT2D eigenvalue weighted by Gasteiger charge is -2.41. The molecular formula is C18H25F3N2O. The van der Waals surface area contributed by atoms with Gasteiger partial charge in [0.15, 0.2) is 0 Å². The molecule has 2 fully saturated rings. The van der Waals surface area contributed by atoms with Crippen molar-refractivity contribution in [2.75, 3.05) is 26.2 Å². The van der Waals surface area contributed by atoms with Crippen molar-refractivity contribution in [2.45, 2.75) is 44.5 Å². The van der Waals surface area contributed by atoms with Crippen LogP contribution in [0.15, 0.2) is 24.3 Å². The molecule has 0 spiro atoms. The number of rotatable bonds is 4. The first kappa shape index (κ1) is 17.5. The van der Waals surface area contributed by atoms with Gasteiger partial charge in [-0.05, 0) is 36.5 Å². The molecule has 6 heteroatoms. The zero-order valence-corrected chi connectivity index (χ0v) is 13.8. The highest BCUT2D eigenvalue weighted by Crippen LogP contribution is 2.39. The lowest BCUT2D eigenvalue weighted by atomic mass is 9.80. The summed E-state index contributed by atoms with van der Waals surface area (Å²) in [5, 5.41) is 3.37. The molecule has 3 nitrogen and oxygen atoms in total. The number of hydrogen-bond donors (Lipinski definition) is 1. The van der Waals surface area contributed by atoms with Gasteiger partial charge in [-0.15, -0.1) is 13.2 Å². The van der Waals surface area contributed by atoms with Crippen LogP contribution in [0.3, 0.4) is 0 Å². The fraction of sp³-hybridized carbons (Fsp3) is 0.667. The summed E-state index contributed by atoms with van der Waals surface area (Å²) in [6.07, 6.45) is 1.57. The Morgan fingerprint density at radius 3 is 2.21 bits per heavy atom. The number of alkyl halides is 3. The molecule has 134 valence electrons. The molecule has 3 rings (SSSR count). The van der Waals surface area contributed by atoms with Crippen LogP contribution in [-0.4, -0.2) is 37.4 Å². The first-order valence-corrected chi connectivity index (χ1v) is 8.83. The fourth-order valence-electron chi connectivity index (χ4n) is 4.06. The van der Waals surface area contributed by atoms with Crippen molar-refractivity contribution in [1.29, 1.82) is 0 Å². The van der Waals surface area contributed by atoms with Crippen LogP contribution < -0.4 is 10.1 Å². The van der Waals surface area contributed by atoms with Crippen molar-refractivity contribution in [1.82, 2.24) is 10.2 Å². The Bertz CT molecular complexity index is 488. The molecule has 24 heavy (non-hydrogen) atoms. The normalized spacial score (nSPS) is 22.3. The average Bonchev–Trinajstić information content (AvgIpc) is 2.57. The number of piperazine rings is 1. The predicted molar refractivity (Wildman–Crippen MR) is 86.9 cm³/mol. The summed E-state index contributed by atoms with van der Waals surface area (Å²) in [6, 6.07) is 6.80. The lowest BCUT2D eigenvalue weighted by Crippen LogP contribution is -2.47. The highest BCUT2D eigenvalue weighted by atomic mass is 19.4. The molecule has 1 atom stereocenters. The number of halogens is 3. The molecule has 1 aromatic rings. The second-order valence-corrected chi connectivity index (χ2v) is 6.75. The van der Waals surface area contributed by atoms with E-state index in [9.17, 15) is 13.2 Å². The third kappa shape index (κ3) is 4.63. The molecule has 1 saturated carbocycles. The van der Waals surface area contributed by atoms with Gasteiger partial charge in [-0.25, -0.2) is 0 Å². The van der Waals surface area contributed by atoms with Gasteiger partial charge in [-0.2, -0.15) is 0 Å². The predicted octanol–water partition coefficient (Wildman–Crippen LogP) is 4.11. The molecule has 1 aliphatic carbocycles. The van der Waals surface area contributed by atoms with Gasteiger partial charge in [-0.3, -0.25) is 4.90 Å². The summed E-state index contributed by atoms with van der Waals surface area (Å²) in [7, 11) is 0. The third-order valence-electron chi connectivity index (χ3n) is 5.10. The van der Waals surface area contributed by atoms with Crippen LogP contribution in [0.25, 0.3) is 0 Å². The maximum absolute atomic E-state index is 12.3. The number of nitrogens with one attached hydrogen (secondary N) is 1. The van der Waals surface area contributed by atoms with Crippen LogP contribution >= 0.6 is 0 Å². The smallest absolute Gasteiger partial charge is 0.406 e. The van der Waals surface area contributed by atoms with Crippen LogP contribution in [0, 0.1) is 5.92 Å². The summed E-state index contributed by atoms with van der Waals surface area (Å²) in [5.41, 5.74) is 1.11. The average molecular weight is 342 g/mol. The number of ether oxygens (including phenoxy) is 1. The Hall–Kier alpha value is -1.27. The molecule has 0 unspecified atom stereocenters. The molecule has 0 bridgehead atoms. The van der Waals surface area contributed by atoms with Gasteiger partial charge >= 0.3 is 6.36 Å². The van der Waals surface area contributed by atoms with Crippen LogP contribution in [0.1, 0.15) is 43.7 Å². The SMILES string of the molecule is FC(F)(F)Oc1ccc([C@H](C2CCCCC2)N2CCNCC2)cc1. The second kappa shape index (κ2) is 7.74. The largest absolute Gasteiger partial charge is 0.573 e.